The summed E-state index contributed by atoms with van der Waals surface area (Å²) in [4.78, 5) is 11.2. The molecule has 0 aromatic heterocycles. The third kappa shape index (κ3) is 2.39. The van der Waals surface area contributed by atoms with E-state index in [1.165, 1.54) is 0 Å². The van der Waals surface area contributed by atoms with Gasteiger partial charge in [0.1, 0.15) is 6.29 Å². The lowest BCUT2D eigenvalue weighted by Gasteiger charge is -2.11. The van der Waals surface area contributed by atoms with Crippen molar-refractivity contribution in [2.24, 2.45) is 0 Å². The molecule has 0 bridgehead atoms. The summed E-state index contributed by atoms with van der Waals surface area (Å²) in [5.41, 5.74) is 2.03. The summed E-state index contributed by atoms with van der Waals surface area (Å²) < 4.78 is 0.993. The van der Waals surface area contributed by atoms with Crippen LogP contribution in [0.15, 0.2) is 59.1 Å². The van der Waals surface area contributed by atoms with Crippen molar-refractivity contribution in [1.29, 1.82) is 0 Å². The zero-order chi connectivity index (χ0) is 11.4. The third-order valence-corrected chi connectivity index (χ3v) is 3.00. The van der Waals surface area contributed by atoms with Crippen molar-refractivity contribution >= 4 is 22.2 Å². The Morgan fingerprint density at radius 3 is 2.25 bits per heavy atom. The second kappa shape index (κ2) is 5.08. The minimum Gasteiger partial charge on any atom is -0.302 e. The quantitative estimate of drug-likeness (QED) is 0.779. The number of benzene rings is 2. The molecular formula is C14H11BrO. The van der Waals surface area contributed by atoms with Gasteiger partial charge in [-0.1, -0.05) is 58.4 Å². The first-order valence-corrected chi connectivity index (χ1v) is 5.86. The average molecular weight is 275 g/mol. The van der Waals surface area contributed by atoms with Crippen LogP contribution in [-0.4, -0.2) is 6.29 Å². The van der Waals surface area contributed by atoms with E-state index in [1.54, 1.807) is 0 Å². The van der Waals surface area contributed by atoms with E-state index in [2.05, 4.69) is 15.9 Å². The van der Waals surface area contributed by atoms with E-state index < -0.39 is 0 Å². The zero-order valence-electron chi connectivity index (χ0n) is 8.64. The maximum Gasteiger partial charge on any atom is 0.131 e. The fourth-order valence-electron chi connectivity index (χ4n) is 1.71. The number of hydrogen-bond donors (Lipinski definition) is 0. The highest BCUT2D eigenvalue weighted by molar-refractivity contribution is 9.10. The smallest absolute Gasteiger partial charge is 0.131 e. The minimum atomic E-state index is -0.182. The first-order chi connectivity index (χ1) is 7.81. The molecule has 0 aliphatic heterocycles. The standard InChI is InChI=1S/C14H11BrO/c15-13-8-4-7-12(9-13)14(10-16)11-5-2-1-3-6-11/h1-10,14H. The van der Waals surface area contributed by atoms with E-state index in [1.807, 2.05) is 54.6 Å². The lowest BCUT2D eigenvalue weighted by Crippen LogP contribution is -2.01. The van der Waals surface area contributed by atoms with E-state index in [0.29, 0.717) is 0 Å². The first-order valence-electron chi connectivity index (χ1n) is 5.07. The number of carbonyl (C=O) groups is 1. The van der Waals surface area contributed by atoms with Gasteiger partial charge in [0.2, 0.25) is 0 Å². The Morgan fingerprint density at radius 2 is 1.62 bits per heavy atom. The Bertz CT molecular complexity index is 479. The molecule has 2 aromatic carbocycles. The number of halogens is 1. The molecular weight excluding hydrogens is 264 g/mol. The highest BCUT2D eigenvalue weighted by atomic mass is 79.9. The van der Waals surface area contributed by atoms with Crippen molar-refractivity contribution in [2.45, 2.75) is 5.92 Å². The number of hydrogen-bond acceptors (Lipinski definition) is 1. The maximum atomic E-state index is 11.2. The van der Waals surface area contributed by atoms with Crippen LogP contribution in [0.25, 0.3) is 0 Å². The summed E-state index contributed by atoms with van der Waals surface area (Å²) in [5.74, 6) is -0.182. The van der Waals surface area contributed by atoms with Gasteiger partial charge in [-0.15, -0.1) is 0 Å². The van der Waals surface area contributed by atoms with Gasteiger partial charge in [-0.3, -0.25) is 0 Å². The monoisotopic (exact) mass is 274 g/mol. The van der Waals surface area contributed by atoms with Crippen molar-refractivity contribution in [3.63, 3.8) is 0 Å². The van der Waals surface area contributed by atoms with Crippen molar-refractivity contribution in [3.05, 3.63) is 70.2 Å². The predicted molar refractivity (Wildman–Crippen MR) is 68.5 cm³/mol. The van der Waals surface area contributed by atoms with Crippen LogP contribution < -0.4 is 0 Å². The van der Waals surface area contributed by atoms with E-state index in [0.717, 1.165) is 21.9 Å². The lowest BCUT2D eigenvalue weighted by molar-refractivity contribution is -0.108. The maximum absolute atomic E-state index is 11.2. The molecule has 2 heteroatoms. The predicted octanol–water partition coefficient (Wildman–Crippen LogP) is 3.78. The molecule has 0 radical (unpaired) electrons. The number of aldehydes is 1. The molecule has 80 valence electrons. The summed E-state index contributed by atoms with van der Waals surface area (Å²) in [7, 11) is 0. The summed E-state index contributed by atoms with van der Waals surface area (Å²) in [6, 6.07) is 17.6. The van der Waals surface area contributed by atoms with Crippen LogP contribution in [0.1, 0.15) is 17.0 Å². The van der Waals surface area contributed by atoms with E-state index in [4.69, 9.17) is 0 Å². The Hall–Kier alpha value is -1.41. The molecule has 16 heavy (non-hydrogen) atoms. The highest BCUT2D eigenvalue weighted by Crippen LogP contribution is 2.24. The van der Waals surface area contributed by atoms with Gasteiger partial charge in [0.25, 0.3) is 0 Å². The third-order valence-electron chi connectivity index (χ3n) is 2.50. The summed E-state index contributed by atoms with van der Waals surface area (Å²) in [6.07, 6.45) is 0.983. The Balaban J connectivity index is 2.41. The summed E-state index contributed by atoms with van der Waals surface area (Å²) >= 11 is 3.42. The van der Waals surface area contributed by atoms with Crippen LogP contribution in [0.4, 0.5) is 0 Å². The SMILES string of the molecule is O=CC(c1ccccc1)c1cccc(Br)c1. The van der Waals surface area contributed by atoms with Gasteiger partial charge in [0.15, 0.2) is 0 Å². The molecule has 1 nitrogen and oxygen atoms in total. The highest BCUT2D eigenvalue weighted by Gasteiger charge is 2.12. The van der Waals surface area contributed by atoms with Gasteiger partial charge < -0.3 is 4.79 Å². The normalized spacial score (nSPS) is 12.1. The van der Waals surface area contributed by atoms with Crippen LogP contribution in [0.5, 0.6) is 0 Å². The summed E-state index contributed by atoms with van der Waals surface area (Å²) in [6.45, 7) is 0. The molecule has 0 N–H and O–H groups in total. The Morgan fingerprint density at radius 1 is 0.938 bits per heavy atom. The molecule has 0 saturated heterocycles. The molecule has 0 saturated carbocycles. The van der Waals surface area contributed by atoms with Crippen LogP contribution >= 0.6 is 15.9 Å². The fraction of sp³-hybridized carbons (Fsp3) is 0.0714. The molecule has 0 aliphatic rings. The molecule has 2 rings (SSSR count). The summed E-state index contributed by atoms with van der Waals surface area (Å²) in [5, 5.41) is 0. The van der Waals surface area contributed by atoms with Gasteiger partial charge in [-0.2, -0.15) is 0 Å². The largest absolute Gasteiger partial charge is 0.302 e. The van der Waals surface area contributed by atoms with Gasteiger partial charge in [-0.25, -0.2) is 0 Å². The van der Waals surface area contributed by atoms with Crippen molar-refractivity contribution in [3.8, 4) is 0 Å². The molecule has 0 heterocycles. The second-order valence-electron chi connectivity index (χ2n) is 3.58. The molecule has 0 fully saturated rings. The van der Waals surface area contributed by atoms with E-state index in [-0.39, 0.29) is 5.92 Å². The van der Waals surface area contributed by atoms with Crippen LogP contribution in [0.2, 0.25) is 0 Å². The number of rotatable bonds is 3. The average Bonchev–Trinajstić information content (AvgIpc) is 2.31. The molecule has 1 unspecified atom stereocenters. The number of carbonyl (C=O) groups excluding carboxylic acids is 1. The molecule has 0 amide bonds. The van der Waals surface area contributed by atoms with Gasteiger partial charge in [-0.05, 0) is 23.3 Å². The van der Waals surface area contributed by atoms with Crippen LogP contribution in [0, 0.1) is 0 Å². The minimum absolute atomic E-state index is 0.182. The fourth-order valence-corrected chi connectivity index (χ4v) is 2.13. The molecule has 1 atom stereocenters. The first kappa shape index (κ1) is 11.1. The van der Waals surface area contributed by atoms with Crippen LogP contribution in [-0.2, 0) is 4.79 Å². The zero-order valence-corrected chi connectivity index (χ0v) is 10.2. The molecule has 2 aromatic rings. The van der Waals surface area contributed by atoms with Crippen molar-refractivity contribution in [1.82, 2.24) is 0 Å². The van der Waals surface area contributed by atoms with Crippen molar-refractivity contribution < 1.29 is 4.79 Å². The second-order valence-corrected chi connectivity index (χ2v) is 4.50. The van der Waals surface area contributed by atoms with Gasteiger partial charge in [0.05, 0.1) is 5.92 Å². The van der Waals surface area contributed by atoms with Gasteiger partial charge >= 0.3 is 0 Å². The molecule has 0 spiro atoms. The lowest BCUT2D eigenvalue weighted by atomic mass is 9.93. The van der Waals surface area contributed by atoms with Crippen molar-refractivity contribution in [2.75, 3.05) is 0 Å². The van der Waals surface area contributed by atoms with E-state index in [9.17, 15) is 4.79 Å². The topological polar surface area (TPSA) is 17.1 Å². The Labute approximate surface area is 103 Å². The van der Waals surface area contributed by atoms with Gasteiger partial charge in [0, 0.05) is 4.47 Å². The van der Waals surface area contributed by atoms with Crippen LogP contribution in [0.3, 0.4) is 0 Å². The Kier molecular flexibility index (Phi) is 3.52. The molecule has 0 aliphatic carbocycles. The van der Waals surface area contributed by atoms with E-state index >= 15 is 0 Å².